The predicted octanol–water partition coefficient (Wildman–Crippen LogP) is -0.567. The molecule has 1 N–H and O–H groups in total. The fourth-order valence-electron chi connectivity index (χ4n) is 1.67. The van der Waals surface area contributed by atoms with Gasteiger partial charge in [-0.2, -0.15) is 0 Å². The molecule has 2 rings (SSSR count). The number of anilines is 1. The smallest absolute Gasteiger partial charge is 0.274 e. The van der Waals surface area contributed by atoms with Crippen LogP contribution in [0.4, 0.5) is 5.82 Å². The molecule has 7 nitrogen and oxygen atoms in total. The molecule has 0 spiro atoms. The summed E-state index contributed by atoms with van der Waals surface area (Å²) >= 11 is 0. The van der Waals surface area contributed by atoms with Gasteiger partial charge in [0.2, 0.25) is 5.91 Å². The lowest BCUT2D eigenvalue weighted by molar-refractivity contribution is -0.133. The molecule has 1 fully saturated rings. The third-order valence-electron chi connectivity index (χ3n) is 2.88. The topological polar surface area (TPSA) is 78.4 Å². The molecule has 0 radical (unpaired) electrons. The molecular formula is C11H15N5O2. The van der Waals surface area contributed by atoms with E-state index < -0.39 is 0 Å². The van der Waals surface area contributed by atoms with E-state index in [2.05, 4.69) is 15.5 Å². The molecule has 2 amide bonds. The number of aromatic nitrogens is 2. The molecule has 7 heteroatoms. The van der Waals surface area contributed by atoms with Crippen LogP contribution in [0, 0.1) is 0 Å². The molecule has 1 aromatic heterocycles. The van der Waals surface area contributed by atoms with Gasteiger partial charge in [-0.1, -0.05) is 0 Å². The first-order valence-electron chi connectivity index (χ1n) is 5.66. The zero-order valence-corrected chi connectivity index (χ0v) is 10.4. The minimum Gasteiger partial charge on any atom is -0.372 e. The number of rotatable bonds is 2. The molecule has 0 bridgehead atoms. The number of hydrogen-bond acceptors (Lipinski definition) is 5. The van der Waals surface area contributed by atoms with Crippen molar-refractivity contribution in [3.05, 3.63) is 17.8 Å². The highest BCUT2D eigenvalue weighted by Gasteiger charge is 2.26. The van der Waals surface area contributed by atoms with Gasteiger partial charge in [0, 0.05) is 27.2 Å². The Hall–Kier alpha value is -2.18. The first-order valence-corrected chi connectivity index (χ1v) is 5.66. The van der Waals surface area contributed by atoms with Crippen molar-refractivity contribution in [3.8, 4) is 0 Å². The van der Waals surface area contributed by atoms with Crippen molar-refractivity contribution in [2.45, 2.75) is 0 Å². The van der Waals surface area contributed by atoms with Crippen LogP contribution in [0.5, 0.6) is 0 Å². The second-order valence-electron chi connectivity index (χ2n) is 4.10. The Labute approximate surface area is 105 Å². The maximum Gasteiger partial charge on any atom is 0.274 e. The van der Waals surface area contributed by atoms with Gasteiger partial charge in [-0.3, -0.25) is 9.59 Å². The highest BCUT2D eigenvalue weighted by Crippen LogP contribution is 2.07. The van der Waals surface area contributed by atoms with Crippen molar-refractivity contribution < 1.29 is 9.59 Å². The van der Waals surface area contributed by atoms with Crippen LogP contribution >= 0.6 is 0 Å². The molecule has 1 aliphatic heterocycles. The maximum atomic E-state index is 12.1. The zero-order valence-electron chi connectivity index (χ0n) is 10.4. The lowest BCUT2D eigenvalue weighted by Crippen LogP contribution is -2.50. The van der Waals surface area contributed by atoms with Crippen LogP contribution < -0.4 is 5.32 Å². The van der Waals surface area contributed by atoms with Crippen molar-refractivity contribution in [2.75, 3.05) is 39.0 Å². The second-order valence-corrected chi connectivity index (χ2v) is 4.10. The average Bonchev–Trinajstić information content (AvgIpc) is 2.41. The fraction of sp³-hybridized carbons (Fsp3) is 0.455. The van der Waals surface area contributed by atoms with Crippen LogP contribution in [0.3, 0.4) is 0 Å². The van der Waals surface area contributed by atoms with E-state index >= 15 is 0 Å². The summed E-state index contributed by atoms with van der Waals surface area (Å²) in [6, 6.07) is 3.28. The Morgan fingerprint density at radius 1 is 1.33 bits per heavy atom. The first kappa shape index (κ1) is 12.3. The highest BCUT2D eigenvalue weighted by molar-refractivity contribution is 5.95. The molecule has 0 aliphatic carbocycles. The number of hydrogen-bond donors (Lipinski definition) is 1. The van der Waals surface area contributed by atoms with E-state index in [0.717, 1.165) is 0 Å². The Kier molecular flexibility index (Phi) is 3.40. The van der Waals surface area contributed by atoms with Crippen molar-refractivity contribution >= 4 is 17.6 Å². The number of nitrogens with zero attached hydrogens (tertiary/aromatic N) is 4. The molecular weight excluding hydrogens is 234 g/mol. The Morgan fingerprint density at radius 2 is 2.11 bits per heavy atom. The van der Waals surface area contributed by atoms with Gasteiger partial charge in [-0.15, -0.1) is 10.2 Å². The van der Waals surface area contributed by atoms with Gasteiger partial charge >= 0.3 is 0 Å². The average molecular weight is 249 g/mol. The predicted molar refractivity (Wildman–Crippen MR) is 65.1 cm³/mol. The van der Waals surface area contributed by atoms with Gasteiger partial charge in [0.25, 0.3) is 5.91 Å². The molecule has 1 saturated heterocycles. The summed E-state index contributed by atoms with van der Waals surface area (Å²) in [5.41, 5.74) is 0.256. The van der Waals surface area contributed by atoms with E-state index in [1.54, 1.807) is 31.1 Å². The molecule has 96 valence electrons. The summed E-state index contributed by atoms with van der Waals surface area (Å²) in [6.07, 6.45) is 0. The second kappa shape index (κ2) is 4.99. The highest BCUT2D eigenvalue weighted by atomic mass is 16.2. The summed E-state index contributed by atoms with van der Waals surface area (Å²) in [6.45, 7) is 1.17. The van der Waals surface area contributed by atoms with Gasteiger partial charge in [0.15, 0.2) is 5.69 Å². The van der Waals surface area contributed by atoms with Gasteiger partial charge in [0.05, 0.1) is 0 Å². The number of carbonyl (C=O) groups excluding carboxylic acids is 2. The van der Waals surface area contributed by atoms with Crippen molar-refractivity contribution in [2.24, 2.45) is 0 Å². The van der Waals surface area contributed by atoms with E-state index in [1.807, 2.05) is 0 Å². The summed E-state index contributed by atoms with van der Waals surface area (Å²) < 4.78 is 0. The van der Waals surface area contributed by atoms with Gasteiger partial charge < -0.3 is 15.1 Å². The molecule has 0 saturated carbocycles. The molecule has 2 heterocycles. The quantitative estimate of drug-likeness (QED) is 0.759. The van der Waals surface area contributed by atoms with Gasteiger partial charge in [-0.05, 0) is 12.1 Å². The van der Waals surface area contributed by atoms with E-state index in [-0.39, 0.29) is 24.1 Å². The SMILES string of the molecule is CNc1ccc(C(=O)N2CCN(C)C(=O)C2)nn1. The molecule has 1 aliphatic rings. The molecule has 1 aromatic rings. The minimum absolute atomic E-state index is 0.0607. The lowest BCUT2D eigenvalue weighted by Gasteiger charge is -2.31. The van der Waals surface area contributed by atoms with Crippen LogP contribution in [-0.4, -0.2) is 65.5 Å². The number of carbonyl (C=O) groups is 2. The Bertz CT molecular complexity index is 459. The van der Waals surface area contributed by atoms with Crippen molar-refractivity contribution in [1.29, 1.82) is 0 Å². The zero-order chi connectivity index (χ0) is 13.1. The molecule has 0 atom stereocenters. The number of likely N-dealkylation sites (N-methyl/N-ethyl adjacent to an activating group) is 1. The van der Waals surface area contributed by atoms with Crippen LogP contribution in [0.15, 0.2) is 12.1 Å². The summed E-state index contributed by atoms with van der Waals surface area (Å²) in [5.74, 6) is 0.280. The Morgan fingerprint density at radius 3 is 2.67 bits per heavy atom. The van der Waals surface area contributed by atoms with Crippen LogP contribution in [0.25, 0.3) is 0 Å². The van der Waals surface area contributed by atoms with Crippen molar-refractivity contribution in [1.82, 2.24) is 20.0 Å². The minimum atomic E-state index is -0.258. The molecule has 0 aromatic carbocycles. The number of nitrogens with one attached hydrogen (secondary N) is 1. The normalized spacial score (nSPS) is 15.8. The molecule has 0 unspecified atom stereocenters. The largest absolute Gasteiger partial charge is 0.372 e. The van der Waals surface area contributed by atoms with Gasteiger partial charge in [0.1, 0.15) is 12.4 Å². The Balaban J connectivity index is 2.08. The van der Waals surface area contributed by atoms with E-state index in [4.69, 9.17) is 0 Å². The number of piperazine rings is 1. The third kappa shape index (κ3) is 2.39. The van der Waals surface area contributed by atoms with Crippen LogP contribution in [0.1, 0.15) is 10.5 Å². The van der Waals surface area contributed by atoms with Crippen LogP contribution in [0.2, 0.25) is 0 Å². The lowest BCUT2D eigenvalue weighted by atomic mass is 10.2. The monoisotopic (exact) mass is 249 g/mol. The standard InChI is InChI=1S/C11H15N5O2/c1-12-9-4-3-8(13-14-9)11(18)16-6-5-15(2)10(17)7-16/h3-4H,5-7H2,1-2H3,(H,12,14). The summed E-state index contributed by atoms with van der Waals surface area (Å²) in [4.78, 5) is 26.7. The molecule has 18 heavy (non-hydrogen) atoms. The third-order valence-corrected chi connectivity index (χ3v) is 2.88. The van der Waals surface area contributed by atoms with E-state index in [1.165, 1.54) is 4.90 Å². The summed E-state index contributed by atoms with van der Waals surface area (Å²) in [7, 11) is 3.45. The van der Waals surface area contributed by atoms with Crippen molar-refractivity contribution in [3.63, 3.8) is 0 Å². The van der Waals surface area contributed by atoms with Gasteiger partial charge in [-0.25, -0.2) is 0 Å². The first-order chi connectivity index (χ1) is 8.61. The maximum absolute atomic E-state index is 12.1. The van der Waals surface area contributed by atoms with E-state index in [0.29, 0.717) is 18.9 Å². The number of amides is 2. The van der Waals surface area contributed by atoms with E-state index in [9.17, 15) is 9.59 Å². The van der Waals surface area contributed by atoms with Crippen LogP contribution in [-0.2, 0) is 4.79 Å². The summed E-state index contributed by atoms with van der Waals surface area (Å²) in [5, 5.41) is 10.5. The fourth-order valence-corrected chi connectivity index (χ4v) is 1.67.